The van der Waals surface area contributed by atoms with Crippen LogP contribution in [0.25, 0.3) is 10.1 Å². The SMILES string of the molecule is COCC(CCO)NC(=O)c1cc2ccccc2s1. The van der Waals surface area contributed by atoms with Crippen molar-refractivity contribution in [1.82, 2.24) is 5.32 Å². The summed E-state index contributed by atoms with van der Waals surface area (Å²) in [7, 11) is 1.58. The van der Waals surface area contributed by atoms with Crippen molar-refractivity contribution in [3.63, 3.8) is 0 Å². The molecule has 0 spiro atoms. The number of benzene rings is 1. The fraction of sp³-hybridized carbons (Fsp3) is 0.357. The van der Waals surface area contributed by atoms with E-state index in [0.717, 1.165) is 10.1 Å². The number of hydrogen-bond acceptors (Lipinski definition) is 4. The molecule has 5 heteroatoms. The maximum Gasteiger partial charge on any atom is 0.261 e. The molecule has 0 saturated carbocycles. The monoisotopic (exact) mass is 279 g/mol. The van der Waals surface area contributed by atoms with E-state index in [1.165, 1.54) is 11.3 Å². The lowest BCUT2D eigenvalue weighted by molar-refractivity contribution is 0.0883. The van der Waals surface area contributed by atoms with Crippen LogP contribution in [0.4, 0.5) is 0 Å². The zero-order valence-corrected chi connectivity index (χ0v) is 11.6. The highest BCUT2D eigenvalue weighted by Gasteiger charge is 2.15. The molecule has 1 heterocycles. The van der Waals surface area contributed by atoms with Crippen LogP contribution in [0.2, 0.25) is 0 Å². The molecule has 2 N–H and O–H groups in total. The summed E-state index contributed by atoms with van der Waals surface area (Å²) >= 11 is 1.47. The van der Waals surface area contributed by atoms with Gasteiger partial charge in [0.1, 0.15) is 0 Å². The topological polar surface area (TPSA) is 58.6 Å². The lowest BCUT2D eigenvalue weighted by atomic mass is 10.2. The average molecular weight is 279 g/mol. The third-order valence-electron chi connectivity index (χ3n) is 2.83. The normalized spacial score (nSPS) is 12.5. The fourth-order valence-electron chi connectivity index (χ4n) is 1.90. The van der Waals surface area contributed by atoms with E-state index in [2.05, 4.69) is 5.32 Å². The molecular weight excluding hydrogens is 262 g/mol. The largest absolute Gasteiger partial charge is 0.396 e. The second-order valence-corrected chi connectivity index (χ2v) is 5.37. The van der Waals surface area contributed by atoms with Crippen LogP contribution in [-0.2, 0) is 4.74 Å². The van der Waals surface area contributed by atoms with E-state index >= 15 is 0 Å². The Hall–Kier alpha value is -1.43. The average Bonchev–Trinajstić information content (AvgIpc) is 2.83. The summed E-state index contributed by atoms with van der Waals surface area (Å²) in [6.07, 6.45) is 0.491. The molecule has 2 rings (SSSR count). The zero-order valence-electron chi connectivity index (χ0n) is 10.8. The highest BCUT2D eigenvalue weighted by atomic mass is 32.1. The van der Waals surface area contributed by atoms with Gasteiger partial charge in [-0.25, -0.2) is 0 Å². The quantitative estimate of drug-likeness (QED) is 0.850. The molecule has 4 nitrogen and oxygen atoms in total. The Labute approximate surface area is 116 Å². The van der Waals surface area contributed by atoms with E-state index in [0.29, 0.717) is 17.9 Å². The molecule has 1 amide bonds. The maximum absolute atomic E-state index is 12.1. The molecule has 0 aliphatic carbocycles. The highest BCUT2D eigenvalue weighted by molar-refractivity contribution is 7.20. The minimum atomic E-state index is -0.160. The van der Waals surface area contributed by atoms with Crippen LogP contribution in [0.15, 0.2) is 30.3 Å². The number of hydrogen-bond donors (Lipinski definition) is 2. The summed E-state index contributed by atoms with van der Waals surface area (Å²) in [6, 6.07) is 9.63. The van der Waals surface area contributed by atoms with Gasteiger partial charge in [-0.05, 0) is 23.9 Å². The summed E-state index contributed by atoms with van der Waals surface area (Å²) in [4.78, 5) is 12.8. The van der Waals surface area contributed by atoms with Gasteiger partial charge < -0.3 is 15.2 Å². The van der Waals surface area contributed by atoms with Crippen molar-refractivity contribution in [1.29, 1.82) is 0 Å². The number of nitrogens with one attached hydrogen (secondary N) is 1. The molecule has 1 atom stereocenters. The minimum Gasteiger partial charge on any atom is -0.396 e. The lowest BCUT2D eigenvalue weighted by Crippen LogP contribution is -2.38. The molecule has 0 aliphatic rings. The fourth-order valence-corrected chi connectivity index (χ4v) is 2.87. The van der Waals surface area contributed by atoms with Crippen molar-refractivity contribution in [3.8, 4) is 0 Å². The van der Waals surface area contributed by atoms with Crippen molar-refractivity contribution in [2.24, 2.45) is 0 Å². The van der Waals surface area contributed by atoms with Crippen LogP contribution in [0.3, 0.4) is 0 Å². The standard InChI is InChI=1S/C14H17NO3S/c1-18-9-11(6-7-16)15-14(17)13-8-10-4-2-3-5-12(10)19-13/h2-5,8,11,16H,6-7,9H2,1H3,(H,15,17). The molecule has 19 heavy (non-hydrogen) atoms. The smallest absolute Gasteiger partial charge is 0.261 e. The second kappa shape index (κ2) is 6.65. The van der Waals surface area contributed by atoms with Crippen molar-refractivity contribution in [3.05, 3.63) is 35.2 Å². The van der Waals surface area contributed by atoms with Crippen molar-refractivity contribution < 1.29 is 14.6 Å². The summed E-state index contributed by atoms with van der Waals surface area (Å²) in [6.45, 7) is 0.428. The Kier molecular flexibility index (Phi) is 4.90. The van der Waals surface area contributed by atoms with Crippen LogP contribution in [0.1, 0.15) is 16.1 Å². The second-order valence-electron chi connectivity index (χ2n) is 4.29. The number of carbonyl (C=O) groups is 1. The van der Waals surface area contributed by atoms with Crippen LogP contribution >= 0.6 is 11.3 Å². The first-order valence-corrected chi connectivity index (χ1v) is 6.95. The van der Waals surface area contributed by atoms with Gasteiger partial charge in [0.2, 0.25) is 0 Å². The molecule has 0 fully saturated rings. The van der Waals surface area contributed by atoms with E-state index in [1.54, 1.807) is 7.11 Å². The van der Waals surface area contributed by atoms with E-state index in [9.17, 15) is 4.79 Å². The Morgan fingerprint density at radius 2 is 2.26 bits per heavy atom. The summed E-state index contributed by atoms with van der Waals surface area (Å²) in [5.74, 6) is -0.114. The number of aliphatic hydroxyl groups excluding tert-OH is 1. The van der Waals surface area contributed by atoms with Crippen molar-refractivity contribution >= 4 is 27.3 Å². The number of aliphatic hydroxyl groups is 1. The molecule has 0 bridgehead atoms. The predicted molar refractivity (Wildman–Crippen MR) is 76.7 cm³/mol. The van der Waals surface area contributed by atoms with Gasteiger partial charge in [0.05, 0.1) is 17.5 Å². The lowest BCUT2D eigenvalue weighted by Gasteiger charge is -2.15. The summed E-state index contributed by atoms with van der Waals surface area (Å²) < 4.78 is 6.13. The Balaban J connectivity index is 2.09. The number of thiophene rings is 1. The maximum atomic E-state index is 12.1. The van der Waals surface area contributed by atoms with Gasteiger partial charge in [-0.1, -0.05) is 18.2 Å². The van der Waals surface area contributed by atoms with Gasteiger partial charge in [0.15, 0.2) is 0 Å². The number of methoxy groups -OCH3 is 1. The van der Waals surface area contributed by atoms with Gasteiger partial charge in [-0.2, -0.15) is 0 Å². The van der Waals surface area contributed by atoms with Gasteiger partial charge in [-0.3, -0.25) is 4.79 Å². The molecular formula is C14H17NO3S. The van der Waals surface area contributed by atoms with Gasteiger partial charge in [0.25, 0.3) is 5.91 Å². The van der Waals surface area contributed by atoms with Gasteiger partial charge in [0, 0.05) is 18.4 Å². The first kappa shape index (κ1) is 14.0. The molecule has 1 aromatic heterocycles. The molecule has 0 saturated heterocycles. The Morgan fingerprint density at radius 1 is 1.47 bits per heavy atom. The first-order valence-electron chi connectivity index (χ1n) is 6.14. The number of carbonyl (C=O) groups excluding carboxylic acids is 1. The number of amides is 1. The number of rotatable bonds is 6. The Bertz CT molecular complexity index is 513. The molecule has 1 unspecified atom stereocenters. The molecule has 2 aromatic rings. The number of ether oxygens (including phenoxy) is 1. The third-order valence-corrected chi connectivity index (χ3v) is 3.94. The minimum absolute atomic E-state index is 0.0285. The van der Waals surface area contributed by atoms with E-state index < -0.39 is 0 Å². The predicted octanol–water partition coefficient (Wildman–Crippen LogP) is 2.03. The van der Waals surface area contributed by atoms with Crippen molar-refractivity contribution in [2.75, 3.05) is 20.3 Å². The van der Waals surface area contributed by atoms with Crippen LogP contribution in [-0.4, -0.2) is 37.4 Å². The van der Waals surface area contributed by atoms with E-state index in [4.69, 9.17) is 9.84 Å². The first-order chi connectivity index (χ1) is 9.24. The van der Waals surface area contributed by atoms with Gasteiger partial charge >= 0.3 is 0 Å². The third kappa shape index (κ3) is 3.53. The molecule has 102 valence electrons. The molecule has 0 aliphatic heterocycles. The summed E-state index contributed by atoms with van der Waals surface area (Å²) in [5, 5.41) is 12.9. The van der Waals surface area contributed by atoms with Gasteiger partial charge in [-0.15, -0.1) is 11.3 Å². The molecule has 0 radical (unpaired) electrons. The number of fused-ring (bicyclic) bond motifs is 1. The van der Waals surface area contributed by atoms with Crippen LogP contribution < -0.4 is 5.32 Å². The van der Waals surface area contributed by atoms with Crippen LogP contribution in [0.5, 0.6) is 0 Å². The zero-order chi connectivity index (χ0) is 13.7. The van der Waals surface area contributed by atoms with E-state index in [1.807, 2.05) is 30.3 Å². The molecule has 1 aromatic carbocycles. The summed E-state index contributed by atoms with van der Waals surface area (Å²) in [5.41, 5.74) is 0. The van der Waals surface area contributed by atoms with Crippen molar-refractivity contribution in [2.45, 2.75) is 12.5 Å². The van der Waals surface area contributed by atoms with E-state index in [-0.39, 0.29) is 18.6 Å². The highest BCUT2D eigenvalue weighted by Crippen LogP contribution is 2.25. The Morgan fingerprint density at radius 3 is 2.95 bits per heavy atom. The van der Waals surface area contributed by atoms with Crippen LogP contribution in [0, 0.1) is 0 Å².